The van der Waals surface area contributed by atoms with E-state index in [-0.39, 0.29) is 12.2 Å². The van der Waals surface area contributed by atoms with Crippen LogP contribution in [0.1, 0.15) is 50.5 Å². The molecule has 0 radical (unpaired) electrons. The molecule has 2 aliphatic rings. The maximum atomic E-state index is 9.65. The first-order valence-electron chi connectivity index (χ1n) is 8.12. The number of hydrogen-bond donors (Lipinski definition) is 1. The van der Waals surface area contributed by atoms with Gasteiger partial charge in [-0.15, -0.1) is 0 Å². The van der Waals surface area contributed by atoms with Gasteiger partial charge in [-0.25, -0.2) is 0 Å². The predicted molar refractivity (Wildman–Crippen MR) is 80.6 cm³/mol. The van der Waals surface area contributed by atoms with Gasteiger partial charge in [0.25, 0.3) is 0 Å². The first-order chi connectivity index (χ1) is 9.80. The maximum absolute atomic E-state index is 9.65. The molecule has 2 heteroatoms. The summed E-state index contributed by atoms with van der Waals surface area (Å²) in [7, 11) is 0. The molecule has 1 aromatic rings. The van der Waals surface area contributed by atoms with Crippen molar-refractivity contribution in [3.8, 4) is 0 Å². The van der Waals surface area contributed by atoms with E-state index in [2.05, 4.69) is 24.3 Å². The molecule has 2 fully saturated rings. The van der Waals surface area contributed by atoms with E-state index in [1.807, 2.05) is 6.07 Å². The SMILES string of the molecule is OCC(Cc1ccccc1)CC1CCC2(CCCC2)O1. The van der Waals surface area contributed by atoms with Gasteiger partial charge in [0.05, 0.1) is 11.7 Å². The third kappa shape index (κ3) is 3.24. The fraction of sp³-hybridized carbons (Fsp3) is 0.667. The van der Waals surface area contributed by atoms with Gasteiger partial charge in [-0.05, 0) is 50.0 Å². The van der Waals surface area contributed by atoms with E-state index >= 15 is 0 Å². The average molecular weight is 274 g/mol. The van der Waals surface area contributed by atoms with Crippen molar-refractivity contribution in [2.45, 2.75) is 63.1 Å². The number of hydrogen-bond acceptors (Lipinski definition) is 2. The summed E-state index contributed by atoms with van der Waals surface area (Å²) in [4.78, 5) is 0. The number of aliphatic hydroxyl groups is 1. The molecule has 0 bridgehead atoms. The summed E-state index contributed by atoms with van der Waals surface area (Å²) in [5.74, 6) is 0.332. The minimum atomic E-state index is 0.220. The molecule has 1 N–H and O–H groups in total. The van der Waals surface area contributed by atoms with Crippen LogP contribution in [0.15, 0.2) is 30.3 Å². The molecular weight excluding hydrogens is 248 g/mol. The van der Waals surface area contributed by atoms with Crippen molar-refractivity contribution in [1.29, 1.82) is 0 Å². The second-order valence-corrected chi connectivity index (χ2v) is 6.64. The van der Waals surface area contributed by atoms with Crippen molar-refractivity contribution in [2.75, 3.05) is 6.61 Å². The Bertz CT molecular complexity index is 409. The molecule has 2 unspecified atom stereocenters. The lowest BCUT2D eigenvalue weighted by atomic mass is 9.92. The van der Waals surface area contributed by atoms with Crippen LogP contribution in [0.4, 0.5) is 0 Å². The van der Waals surface area contributed by atoms with E-state index in [0.717, 1.165) is 12.8 Å². The highest BCUT2D eigenvalue weighted by atomic mass is 16.5. The summed E-state index contributed by atoms with van der Waals surface area (Å²) in [6.07, 6.45) is 9.94. The molecule has 1 aromatic carbocycles. The van der Waals surface area contributed by atoms with E-state index in [1.54, 1.807) is 0 Å². The molecule has 110 valence electrons. The zero-order valence-corrected chi connectivity index (χ0v) is 12.3. The molecule has 1 heterocycles. The molecule has 1 saturated carbocycles. The lowest BCUT2D eigenvalue weighted by Gasteiger charge is -2.25. The normalized spacial score (nSPS) is 26.1. The van der Waals surface area contributed by atoms with Crippen molar-refractivity contribution in [3.63, 3.8) is 0 Å². The molecule has 3 rings (SSSR count). The highest BCUT2D eigenvalue weighted by Gasteiger charge is 2.42. The van der Waals surface area contributed by atoms with Crippen LogP contribution < -0.4 is 0 Å². The molecule has 2 nitrogen and oxygen atoms in total. The highest BCUT2D eigenvalue weighted by Crippen LogP contribution is 2.44. The summed E-state index contributed by atoms with van der Waals surface area (Å²) in [6, 6.07) is 10.5. The van der Waals surface area contributed by atoms with Crippen molar-refractivity contribution >= 4 is 0 Å². The van der Waals surface area contributed by atoms with E-state index in [9.17, 15) is 5.11 Å². The summed E-state index contributed by atoms with van der Waals surface area (Å²) < 4.78 is 6.37. The fourth-order valence-electron chi connectivity index (χ4n) is 3.99. The smallest absolute Gasteiger partial charge is 0.0687 e. The first-order valence-corrected chi connectivity index (χ1v) is 8.12. The van der Waals surface area contributed by atoms with Crippen LogP contribution in [-0.2, 0) is 11.2 Å². The second kappa shape index (κ2) is 6.28. The molecular formula is C18H26O2. The molecule has 1 aliphatic heterocycles. The van der Waals surface area contributed by atoms with Crippen molar-refractivity contribution in [3.05, 3.63) is 35.9 Å². The molecule has 20 heavy (non-hydrogen) atoms. The Morgan fingerprint density at radius 1 is 1.15 bits per heavy atom. The van der Waals surface area contributed by atoms with Crippen LogP contribution in [0, 0.1) is 5.92 Å². The van der Waals surface area contributed by atoms with Gasteiger partial charge in [0, 0.05) is 6.61 Å². The van der Waals surface area contributed by atoms with Crippen LogP contribution in [0.3, 0.4) is 0 Å². The zero-order chi connectivity index (χ0) is 13.8. The van der Waals surface area contributed by atoms with Crippen molar-refractivity contribution < 1.29 is 9.84 Å². The third-order valence-electron chi connectivity index (χ3n) is 5.08. The lowest BCUT2D eigenvalue weighted by molar-refractivity contribution is -0.0466. The Kier molecular flexibility index (Phi) is 4.42. The number of ether oxygens (including phenoxy) is 1. The minimum Gasteiger partial charge on any atom is -0.396 e. The molecule has 0 amide bonds. The van der Waals surface area contributed by atoms with Gasteiger partial charge in [0.15, 0.2) is 0 Å². The summed E-state index contributed by atoms with van der Waals surface area (Å²) in [5, 5.41) is 9.65. The Morgan fingerprint density at radius 2 is 1.90 bits per heavy atom. The minimum absolute atomic E-state index is 0.220. The van der Waals surface area contributed by atoms with Crippen LogP contribution >= 0.6 is 0 Å². The lowest BCUT2D eigenvalue weighted by Crippen LogP contribution is -2.26. The predicted octanol–water partition coefficient (Wildman–Crippen LogP) is 3.72. The third-order valence-corrected chi connectivity index (χ3v) is 5.08. The molecule has 1 aliphatic carbocycles. The van der Waals surface area contributed by atoms with E-state index < -0.39 is 0 Å². The molecule has 1 saturated heterocycles. The topological polar surface area (TPSA) is 29.5 Å². The van der Waals surface area contributed by atoms with Gasteiger partial charge in [-0.2, -0.15) is 0 Å². The van der Waals surface area contributed by atoms with Gasteiger partial charge in [-0.1, -0.05) is 43.2 Å². The van der Waals surface area contributed by atoms with Crippen LogP contribution in [-0.4, -0.2) is 23.4 Å². The molecule has 0 aromatic heterocycles. The average Bonchev–Trinajstić information content (AvgIpc) is 3.10. The Morgan fingerprint density at radius 3 is 2.60 bits per heavy atom. The summed E-state index contributed by atoms with van der Waals surface area (Å²) in [6.45, 7) is 0.266. The quantitative estimate of drug-likeness (QED) is 0.886. The summed E-state index contributed by atoms with van der Waals surface area (Å²) >= 11 is 0. The second-order valence-electron chi connectivity index (χ2n) is 6.64. The van der Waals surface area contributed by atoms with Gasteiger partial charge in [0.2, 0.25) is 0 Å². The summed E-state index contributed by atoms with van der Waals surface area (Å²) in [5.41, 5.74) is 1.54. The Hall–Kier alpha value is -0.860. The van der Waals surface area contributed by atoms with Gasteiger partial charge >= 0.3 is 0 Å². The van der Waals surface area contributed by atoms with E-state index in [0.29, 0.717) is 12.0 Å². The number of benzene rings is 1. The van der Waals surface area contributed by atoms with Crippen molar-refractivity contribution in [2.24, 2.45) is 5.92 Å². The standard InChI is InChI=1S/C18H26O2/c19-14-16(12-15-6-2-1-3-7-15)13-17-8-11-18(20-17)9-4-5-10-18/h1-3,6-7,16-17,19H,4-5,8-14H2. The monoisotopic (exact) mass is 274 g/mol. The van der Waals surface area contributed by atoms with Gasteiger partial charge in [-0.3, -0.25) is 0 Å². The zero-order valence-electron chi connectivity index (χ0n) is 12.3. The first kappa shape index (κ1) is 14.1. The number of rotatable bonds is 5. The largest absolute Gasteiger partial charge is 0.396 e. The Balaban J connectivity index is 1.53. The number of aliphatic hydroxyl groups excluding tert-OH is 1. The van der Waals surface area contributed by atoms with Crippen molar-refractivity contribution in [1.82, 2.24) is 0 Å². The van der Waals surface area contributed by atoms with Crippen LogP contribution in [0.2, 0.25) is 0 Å². The van der Waals surface area contributed by atoms with E-state index in [1.165, 1.54) is 44.1 Å². The van der Waals surface area contributed by atoms with Gasteiger partial charge < -0.3 is 9.84 Å². The Labute approximate surface area is 122 Å². The maximum Gasteiger partial charge on any atom is 0.0687 e. The van der Waals surface area contributed by atoms with Gasteiger partial charge in [0.1, 0.15) is 0 Å². The highest BCUT2D eigenvalue weighted by molar-refractivity contribution is 5.15. The van der Waals surface area contributed by atoms with Crippen LogP contribution in [0.25, 0.3) is 0 Å². The fourth-order valence-corrected chi connectivity index (χ4v) is 3.99. The molecule has 1 spiro atoms. The van der Waals surface area contributed by atoms with Crippen LogP contribution in [0.5, 0.6) is 0 Å². The molecule has 2 atom stereocenters. The van der Waals surface area contributed by atoms with E-state index in [4.69, 9.17) is 4.74 Å².